The van der Waals surface area contributed by atoms with Gasteiger partial charge in [-0.1, -0.05) is 43.2 Å². The van der Waals surface area contributed by atoms with E-state index in [1.54, 1.807) is 0 Å². The Kier molecular flexibility index (Phi) is 7.72. The van der Waals surface area contributed by atoms with Gasteiger partial charge in [-0.3, -0.25) is 9.69 Å². The molecule has 1 saturated heterocycles. The van der Waals surface area contributed by atoms with Gasteiger partial charge in [0.25, 0.3) is 0 Å². The maximum absolute atomic E-state index is 11.8. The summed E-state index contributed by atoms with van der Waals surface area (Å²) >= 11 is 0. The Bertz CT molecular complexity index is 451. The summed E-state index contributed by atoms with van der Waals surface area (Å²) in [7, 11) is 0. The quantitative estimate of drug-likeness (QED) is 0.532. The van der Waals surface area contributed by atoms with E-state index in [-0.39, 0.29) is 6.61 Å². The Balaban J connectivity index is 1.90. The second kappa shape index (κ2) is 9.81. The number of likely N-dealkylation sites (tertiary alicyclic amines) is 1. The minimum Gasteiger partial charge on any atom is -0.396 e. The van der Waals surface area contributed by atoms with E-state index in [1.165, 1.54) is 0 Å². The van der Waals surface area contributed by atoms with Crippen molar-refractivity contribution in [1.82, 2.24) is 4.90 Å². The lowest BCUT2D eigenvalue weighted by Crippen LogP contribution is -2.55. The van der Waals surface area contributed by atoms with Crippen molar-refractivity contribution in [2.45, 2.75) is 57.3 Å². The second-order valence-corrected chi connectivity index (χ2v) is 6.32. The van der Waals surface area contributed by atoms with Crippen LogP contribution in [0.4, 0.5) is 0 Å². The standard InChI is InChI=1S/C19H29NO3/c21-15-9-2-1-7-13-20-14-8-6-12-19(20,17-22)23-16-18-10-4-3-5-11-18/h3-5,10-11,17,21H,1-2,6-9,12-16H2. The number of nitrogens with zero attached hydrogens (tertiary/aromatic N) is 1. The highest BCUT2D eigenvalue weighted by Crippen LogP contribution is 2.29. The molecule has 0 bridgehead atoms. The molecular weight excluding hydrogens is 290 g/mol. The van der Waals surface area contributed by atoms with Gasteiger partial charge in [-0.05, 0) is 37.7 Å². The fraction of sp³-hybridized carbons (Fsp3) is 0.632. The van der Waals surface area contributed by atoms with Crippen LogP contribution in [0, 0.1) is 0 Å². The molecule has 1 heterocycles. The smallest absolute Gasteiger partial charge is 0.178 e. The lowest BCUT2D eigenvalue weighted by atomic mass is 9.98. The van der Waals surface area contributed by atoms with Crippen LogP contribution in [0.15, 0.2) is 30.3 Å². The number of rotatable bonds is 10. The van der Waals surface area contributed by atoms with E-state index in [9.17, 15) is 4.79 Å². The van der Waals surface area contributed by atoms with Crippen LogP contribution in [-0.4, -0.2) is 41.7 Å². The molecule has 23 heavy (non-hydrogen) atoms. The fourth-order valence-corrected chi connectivity index (χ4v) is 3.21. The number of unbranched alkanes of at least 4 members (excludes halogenated alkanes) is 3. The van der Waals surface area contributed by atoms with E-state index in [2.05, 4.69) is 4.90 Å². The Morgan fingerprint density at radius 2 is 1.91 bits per heavy atom. The molecule has 1 aromatic carbocycles. The van der Waals surface area contributed by atoms with E-state index in [0.29, 0.717) is 6.61 Å². The van der Waals surface area contributed by atoms with Gasteiger partial charge >= 0.3 is 0 Å². The Hall–Kier alpha value is -1.23. The number of ether oxygens (including phenoxy) is 1. The van der Waals surface area contributed by atoms with E-state index in [4.69, 9.17) is 9.84 Å². The highest BCUT2D eigenvalue weighted by atomic mass is 16.5. The van der Waals surface area contributed by atoms with Crippen molar-refractivity contribution in [3.05, 3.63) is 35.9 Å². The zero-order valence-corrected chi connectivity index (χ0v) is 14.0. The largest absolute Gasteiger partial charge is 0.396 e. The average molecular weight is 319 g/mol. The Morgan fingerprint density at radius 1 is 1.13 bits per heavy atom. The summed E-state index contributed by atoms with van der Waals surface area (Å²) in [5, 5.41) is 8.84. The predicted octanol–water partition coefficient (Wildman–Crippen LogP) is 3.14. The van der Waals surface area contributed by atoms with Gasteiger partial charge in [0.1, 0.15) is 0 Å². The van der Waals surface area contributed by atoms with E-state index in [0.717, 1.165) is 69.9 Å². The van der Waals surface area contributed by atoms with Gasteiger partial charge < -0.3 is 9.84 Å². The Morgan fingerprint density at radius 3 is 2.65 bits per heavy atom. The third kappa shape index (κ3) is 5.41. The van der Waals surface area contributed by atoms with Crippen LogP contribution in [0.25, 0.3) is 0 Å². The van der Waals surface area contributed by atoms with E-state index in [1.807, 2.05) is 30.3 Å². The van der Waals surface area contributed by atoms with Crippen LogP contribution in [0.3, 0.4) is 0 Å². The first kappa shape index (κ1) is 18.1. The molecule has 1 atom stereocenters. The molecule has 1 N–H and O–H groups in total. The van der Waals surface area contributed by atoms with Gasteiger partial charge in [-0.25, -0.2) is 0 Å². The molecule has 1 aliphatic rings. The molecule has 1 aliphatic heterocycles. The normalized spacial score (nSPS) is 22.1. The van der Waals surface area contributed by atoms with Gasteiger partial charge in [0.15, 0.2) is 12.0 Å². The van der Waals surface area contributed by atoms with E-state index >= 15 is 0 Å². The van der Waals surface area contributed by atoms with Crippen LogP contribution in [0.1, 0.15) is 50.5 Å². The van der Waals surface area contributed by atoms with Crippen molar-refractivity contribution in [1.29, 1.82) is 0 Å². The fourth-order valence-electron chi connectivity index (χ4n) is 3.21. The van der Waals surface area contributed by atoms with Gasteiger partial charge in [0.2, 0.25) is 0 Å². The number of aliphatic hydroxyl groups is 1. The van der Waals surface area contributed by atoms with Crippen molar-refractivity contribution in [3.8, 4) is 0 Å². The molecule has 2 rings (SSSR count). The number of benzene rings is 1. The molecule has 0 amide bonds. The SMILES string of the molecule is O=CC1(OCc2ccccc2)CCCCN1CCCCCCO. The summed E-state index contributed by atoms with van der Waals surface area (Å²) < 4.78 is 6.11. The van der Waals surface area contributed by atoms with Gasteiger partial charge in [-0.15, -0.1) is 0 Å². The lowest BCUT2D eigenvalue weighted by Gasteiger charge is -2.43. The zero-order valence-electron chi connectivity index (χ0n) is 14.0. The summed E-state index contributed by atoms with van der Waals surface area (Å²) in [6.45, 7) is 2.55. The van der Waals surface area contributed by atoms with Crippen LogP contribution in [0.5, 0.6) is 0 Å². The van der Waals surface area contributed by atoms with Crippen LogP contribution < -0.4 is 0 Å². The van der Waals surface area contributed by atoms with Crippen molar-refractivity contribution in [2.24, 2.45) is 0 Å². The first-order chi connectivity index (χ1) is 11.3. The van der Waals surface area contributed by atoms with Gasteiger partial charge in [0.05, 0.1) is 6.61 Å². The predicted molar refractivity (Wildman–Crippen MR) is 91.0 cm³/mol. The summed E-state index contributed by atoms with van der Waals surface area (Å²) in [5.74, 6) is 0. The maximum atomic E-state index is 11.8. The van der Waals surface area contributed by atoms with Crippen LogP contribution >= 0.6 is 0 Å². The Labute approximate surface area is 139 Å². The van der Waals surface area contributed by atoms with Gasteiger partial charge in [0, 0.05) is 19.7 Å². The van der Waals surface area contributed by atoms with E-state index < -0.39 is 5.72 Å². The molecule has 0 spiro atoms. The molecule has 128 valence electrons. The topological polar surface area (TPSA) is 49.8 Å². The molecule has 0 radical (unpaired) electrons. The number of piperidine rings is 1. The summed E-state index contributed by atoms with van der Waals surface area (Å²) in [6.07, 6.45) is 7.99. The number of aldehydes is 1. The van der Waals surface area contributed by atoms with Crippen LogP contribution in [-0.2, 0) is 16.1 Å². The summed E-state index contributed by atoms with van der Waals surface area (Å²) in [5.41, 5.74) is 0.340. The molecule has 4 nitrogen and oxygen atoms in total. The minimum atomic E-state index is -0.759. The second-order valence-electron chi connectivity index (χ2n) is 6.32. The number of hydrogen-bond acceptors (Lipinski definition) is 4. The molecule has 0 aliphatic carbocycles. The van der Waals surface area contributed by atoms with Gasteiger partial charge in [-0.2, -0.15) is 0 Å². The van der Waals surface area contributed by atoms with Crippen molar-refractivity contribution < 1.29 is 14.6 Å². The third-order valence-electron chi connectivity index (χ3n) is 4.60. The first-order valence-electron chi connectivity index (χ1n) is 8.81. The summed E-state index contributed by atoms with van der Waals surface area (Å²) in [4.78, 5) is 14.1. The minimum absolute atomic E-state index is 0.266. The number of carbonyl (C=O) groups excluding carboxylic acids is 1. The molecule has 1 aromatic rings. The van der Waals surface area contributed by atoms with Crippen LogP contribution in [0.2, 0.25) is 0 Å². The molecule has 1 fully saturated rings. The first-order valence-corrected chi connectivity index (χ1v) is 8.81. The number of hydrogen-bond donors (Lipinski definition) is 1. The zero-order chi connectivity index (χ0) is 16.4. The summed E-state index contributed by atoms with van der Waals surface area (Å²) in [6, 6.07) is 10.0. The highest BCUT2D eigenvalue weighted by molar-refractivity contribution is 5.62. The molecule has 0 aromatic heterocycles. The third-order valence-corrected chi connectivity index (χ3v) is 4.60. The maximum Gasteiger partial charge on any atom is 0.178 e. The molecule has 4 heteroatoms. The molecule has 0 saturated carbocycles. The van der Waals surface area contributed by atoms with Crippen molar-refractivity contribution >= 4 is 6.29 Å². The van der Waals surface area contributed by atoms with Crippen molar-refractivity contribution in [3.63, 3.8) is 0 Å². The number of aliphatic hydroxyl groups excluding tert-OH is 1. The monoisotopic (exact) mass is 319 g/mol. The van der Waals surface area contributed by atoms with Crippen molar-refractivity contribution in [2.75, 3.05) is 19.7 Å². The molecule has 1 unspecified atom stereocenters. The highest BCUT2D eigenvalue weighted by Gasteiger charge is 2.39. The number of carbonyl (C=O) groups is 1. The average Bonchev–Trinajstić information content (AvgIpc) is 2.61. The lowest BCUT2D eigenvalue weighted by molar-refractivity contribution is -0.181. The molecular formula is C19H29NO3.